The minimum absolute atomic E-state index is 0.0572. The molecular formula is C19H21NO5. The molecule has 0 spiro atoms. The second-order valence-electron chi connectivity index (χ2n) is 5.39. The van der Waals surface area contributed by atoms with Gasteiger partial charge in [0.1, 0.15) is 17.1 Å². The van der Waals surface area contributed by atoms with E-state index in [9.17, 15) is 14.7 Å². The van der Waals surface area contributed by atoms with Crippen LogP contribution in [0.25, 0.3) is 0 Å². The first-order chi connectivity index (χ1) is 12.0. The number of aromatic carboxylic acids is 1. The van der Waals surface area contributed by atoms with Crippen LogP contribution in [0.5, 0.6) is 11.5 Å². The van der Waals surface area contributed by atoms with E-state index in [0.29, 0.717) is 17.7 Å². The molecule has 1 unspecified atom stereocenters. The van der Waals surface area contributed by atoms with Crippen molar-refractivity contribution in [3.05, 3.63) is 59.7 Å². The second-order valence-corrected chi connectivity index (χ2v) is 5.39. The molecule has 6 heteroatoms. The Bertz CT molecular complexity index is 730. The van der Waals surface area contributed by atoms with Gasteiger partial charge in [-0.2, -0.15) is 0 Å². The minimum atomic E-state index is -1.08. The second kappa shape index (κ2) is 8.73. The van der Waals surface area contributed by atoms with Gasteiger partial charge in [-0.25, -0.2) is 4.79 Å². The third kappa shape index (κ3) is 4.97. The van der Waals surface area contributed by atoms with Gasteiger partial charge in [0.25, 0.3) is 5.91 Å². The first-order valence-corrected chi connectivity index (χ1v) is 7.94. The van der Waals surface area contributed by atoms with Crippen LogP contribution in [0.3, 0.4) is 0 Å². The molecule has 6 nitrogen and oxygen atoms in total. The molecule has 0 aliphatic heterocycles. The fourth-order valence-corrected chi connectivity index (χ4v) is 2.32. The maximum Gasteiger partial charge on any atom is 0.339 e. The standard InChI is InChI=1S/C19H21NO5/c1-3-16(25-14-7-5-4-6-8-14)18(21)20-12-13-9-10-17(24-2)15(11-13)19(22)23/h4-11,16H,3,12H2,1-2H3,(H,20,21)(H,22,23). The summed E-state index contributed by atoms with van der Waals surface area (Å²) in [6.45, 7) is 2.07. The van der Waals surface area contributed by atoms with E-state index in [1.807, 2.05) is 25.1 Å². The Balaban J connectivity index is 2.00. The largest absolute Gasteiger partial charge is 0.496 e. The average molecular weight is 343 g/mol. The van der Waals surface area contributed by atoms with Gasteiger partial charge in [-0.05, 0) is 36.2 Å². The highest BCUT2D eigenvalue weighted by Gasteiger charge is 2.18. The van der Waals surface area contributed by atoms with Gasteiger partial charge in [-0.3, -0.25) is 4.79 Å². The third-order valence-corrected chi connectivity index (χ3v) is 3.65. The van der Waals surface area contributed by atoms with Crippen LogP contribution in [0.2, 0.25) is 0 Å². The van der Waals surface area contributed by atoms with E-state index >= 15 is 0 Å². The van der Waals surface area contributed by atoms with Crippen molar-refractivity contribution < 1.29 is 24.2 Å². The highest BCUT2D eigenvalue weighted by atomic mass is 16.5. The van der Waals surface area contributed by atoms with Gasteiger partial charge >= 0.3 is 5.97 Å². The van der Waals surface area contributed by atoms with Crippen LogP contribution in [0.15, 0.2) is 48.5 Å². The molecule has 25 heavy (non-hydrogen) atoms. The molecule has 0 heterocycles. The van der Waals surface area contributed by atoms with Crippen molar-refractivity contribution in [3.8, 4) is 11.5 Å². The van der Waals surface area contributed by atoms with Gasteiger partial charge < -0.3 is 19.9 Å². The molecule has 0 fully saturated rings. The summed E-state index contributed by atoms with van der Waals surface area (Å²) in [4.78, 5) is 23.6. The lowest BCUT2D eigenvalue weighted by molar-refractivity contribution is -0.128. The number of rotatable bonds is 8. The number of para-hydroxylation sites is 1. The molecule has 2 aromatic rings. The smallest absolute Gasteiger partial charge is 0.339 e. The molecule has 0 radical (unpaired) electrons. The van der Waals surface area contributed by atoms with Crippen LogP contribution < -0.4 is 14.8 Å². The molecular weight excluding hydrogens is 322 g/mol. The summed E-state index contributed by atoms with van der Waals surface area (Å²) < 4.78 is 10.7. The summed E-state index contributed by atoms with van der Waals surface area (Å²) in [5, 5.41) is 12.0. The molecule has 1 atom stereocenters. The summed E-state index contributed by atoms with van der Waals surface area (Å²) >= 11 is 0. The molecule has 2 aromatic carbocycles. The van der Waals surface area contributed by atoms with E-state index in [4.69, 9.17) is 9.47 Å². The van der Waals surface area contributed by atoms with Crippen LogP contribution >= 0.6 is 0 Å². The van der Waals surface area contributed by atoms with Crippen molar-refractivity contribution in [1.29, 1.82) is 0 Å². The number of ether oxygens (including phenoxy) is 2. The third-order valence-electron chi connectivity index (χ3n) is 3.65. The maximum atomic E-state index is 12.3. The molecule has 0 saturated carbocycles. The Morgan fingerprint density at radius 1 is 1.16 bits per heavy atom. The molecule has 2 N–H and O–H groups in total. The van der Waals surface area contributed by atoms with Crippen LogP contribution in [0, 0.1) is 0 Å². The molecule has 2 rings (SSSR count). The zero-order valence-electron chi connectivity index (χ0n) is 14.2. The van der Waals surface area contributed by atoms with Gasteiger partial charge in [0.15, 0.2) is 6.10 Å². The first kappa shape index (κ1) is 18.3. The predicted molar refractivity (Wildman–Crippen MR) is 92.9 cm³/mol. The number of carboxylic acid groups (broad SMARTS) is 1. The van der Waals surface area contributed by atoms with Crippen LogP contribution in [0.4, 0.5) is 0 Å². The average Bonchev–Trinajstić information content (AvgIpc) is 2.64. The number of nitrogens with one attached hydrogen (secondary N) is 1. The first-order valence-electron chi connectivity index (χ1n) is 7.94. The van der Waals surface area contributed by atoms with Gasteiger partial charge in [0, 0.05) is 6.54 Å². The monoisotopic (exact) mass is 343 g/mol. The normalized spacial score (nSPS) is 11.4. The van der Waals surface area contributed by atoms with Crippen LogP contribution in [0.1, 0.15) is 29.3 Å². The van der Waals surface area contributed by atoms with E-state index in [1.54, 1.807) is 24.3 Å². The number of hydrogen-bond donors (Lipinski definition) is 2. The SMILES string of the molecule is CCC(Oc1ccccc1)C(=O)NCc1ccc(OC)c(C(=O)O)c1. The Morgan fingerprint density at radius 2 is 1.88 bits per heavy atom. The zero-order chi connectivity index (χ0) is 18.2. The van der Waals surface area contributed by atoms with Gasteiger partial charge in [0.05, 0.1) is 7.11 Å². The van der Waals surface area contributed by atoms with E-state index in [2.05, 4.69) is 5.32 Å². The molecule has 0 aliphatic rings. The van der Waals surface area contributed by atoms with Crippen molar-refractivity contribution in [2.45, 2.75) is 26.0 Å². The fraction of sp³-hybridized carbons (Fsp3) is 0.263. The summed E-state index contributed by atoms with van der Waals surface area (Å²) in [6.07, 6.45) is -0.0939. The van der Waals surface area contributed by atoms with Gasteiger partial charge in [0.2, 0.25) is 0 Å². The summed E-state index contributed by atoms with van der Waals surface area (Å²) in [5.41, 5.74) is 0.725. The van der Waals surface area contributed by atoms with Gasteiger partial charge in [-0.1, -0.05) is 31.2 Å². The molecule has 1 amide bonds. The van der Waals surface area contributed by atoms with Gasteiger partial charge in [-0.15, -0.1) is 0 Å². The Morgan fingerprint density at radius 3 is 2.48 bits per heavy atom. The Labute approximate surface area is 146 Å². The topological polar surface area (TPSA) is 84.9 Å². The van der Waals surface area contributed by atoms with E-state index in [0.717, 1.165) is 0 Å². The van der Waals surface area contributed by atoms with Crippen LogP contribution in [-0.2, 0) is 11.3 Å². The maximum absolute atomic E-state index is 12.3. The summed E-state index contributed by atoms with van der Waals surface area (Å²) in [6, 6.07) is 13.9. The van der Waals surface area contributed by atoms with Crippen molar-refractivity contribution in [2.24, 2.45) is 0 Å². The van der Waals surface area contributed by atoms with Crippen LogP contribution in [-0.4, -0.2) is 30.2 Å². The Kier molecular flexibility index (Phi) is 6.39. The number of amides is 1. The highest BCUT2D eigenvalue weighted by molar-refractivity contribution is 5.91. The lowest BCUT2D eigenvalue weighted by Gasteiger charge is -2.17. The molecule has 0 aromatic heterocycles. The highest BCUT2D eigenvalue weighted by Crippen LogP contribution is 2.20. The number of carbonyl (C=O) groups is 2. The van der Waals surface area contributed by atoms with E-state index in [-0.39, 0.29) is 23.8 Å². The lowest BCUT2D eigenvalue weighted by atomic mass is 10.1. The quantitative estimate of drug-likeness (QED) is 0.770. The van der Waals surface area contributed by atoms with E-state index < -0.39 is 12.1 Å². The van der Waals surface area contributed by atoms with Crippen molar-refractivity contribution in [3.63, 3.8) is 0 Å². The number of carboxylic acids is 1. The lowest BCUT2D eigenvalue weighted by Crippen LogP contribution is -2.37. The van der Waals surface area contributed by atoms with Crippen molar-refractivity contribution in [2.75, 3.05) is 7.11 Å². The summed E-state index contributed by atoms with van der Waals surface area (Å²) in [7, 11) is 1.41. The Hall–Kier alpha value is -3.02. The number of carbonyl (C=O) groups excluding carboxylic acids is 1. The number of hydrogen-bond acceptors (Lipinski definition) is 4. The molecule has 0 saturated heterocycles. The summed E-state index contributed by atoms with van der Waals surface area (Å²) in [5.74, 6) is -0.425. The molecule has 0 bridgehead atoms. The molecule has 0 aliphatic carbocycles. The molecule has 132 valence electrons. The number of methoxy groups -OCH3 is 1. The van der Waals surface area contributed by atoms with E-state index in [1.165, 1.54) is 13.2 Å². The zero-order valence-corrected chi connectivity index (χ0v) is 14.2. The predicted octanol–water partition coefficient (Wildman–Crippen LogP) is 2.87. The fourth-order valence-electron chi connectivity index (χ4n) is 2.32. The van der Waals surface area contributed by atoms with Crippen molar-refractivity contribution in [1.82, 2.24) is 5.32 Å². The van der Waals surface area contributed by atoms with Crippen molar-refractivity contribution >= 4 is 11.9 Å². The minimum Gasteiger partial charge on any atom is -0.496 e. The number of benzene rings is 2.